The molecule has 1 aliphatic rings. The second kappa shape index (κ2) is 7.51. The van der Waals surface area contributed by atoms with Crippen LogP contribution in [-0.2, 0) is 5.75 Å². The van der Waals surface area contributed by atoms with Crippen molar-refractivity contribution in [2.75, 3.05) is 7.11 Å². The number of rotatable bonds is 5. The zero-order chi connectivity index (χ0) is 15.4. The molecular weight excluding hydrogens is 364 g/mol. The highest BCUT2D eigenvalue weighted by Gasteiger charge is 2.21. The van der Waals surface area contributed by atoms with Crippen molar-refractivity contribution in [1.29, 1.82) is 0 Å². The molecule has 0 amide bonds. The Morgan fingerprint density at radius 1 is 1.27 bits per heavy atom. The molecule has 0 spiro atoms. The maximum Gasteiger partial charge on any atom is 0.276 e. The lowest BCUT2D eigenvalue weighted by Crippen LogP contribution is -2.04. The molecule has 1 fully saturated rings. The number of methoxy groups -OCH3 is 1. The number of hydrogen-bond acceptors (Lipinski definition) is 5. The fourth-order valence-corrected chi connectivity index (χ4v) is 3.95. The van der Waals surface area contributed by atoms with E-state index in [0.29, 0.717) is 11.1 Å². The fourth-order valence-electron chi connectivity index (χ4n) is 2.79. The van der Waals surface area contributed by atoms with E-state index in [4.69, 9.17) is 9.15 Å². The molecule has 1 saturated carbocycles. The first kappa shape index (κ1) is 15.9. The number of hydrogen-bond donors (Lipinski definition) is 0. The quantitative estimate of drug-likeness (QED) is 0.666. The summed E-state index contributed by atoms with van der Waals surface area (Å²) in [4.78, 5) is 0. The zero-order valence-corrected chi connectivity index (χ0v) is 15.0. The summed E-state index contributed by atoms with van der Waals surface area (Å²) in [7, 11) is 1.69. The molecule has 118 valence electrons. The molecule has 4 nitrogen and oxygen atoms in total. The molecule has 0 saturated heterocycles. The highest BCUT2D eigenvalue weighted by Crippen LogP contribution is 2.34. The molecule has 2 aromatic rings. The molecule has 6 heteroatoms. The number of halogens is 1. The Labute approximate surface area is 143 Å². The van der Waals surface area contributed by atoms with Gasteiger partial charge in [-0.3, -0.25) is 0 Å². The standard InChI is InChI=1S/C16H19BrN2O2S/c1-20-14-8-7-13(17)9-12(14)10-22-16-19-18-15(21-16)11-5-3-2-4-6-11/h7-9,11H,2-6,10H2,1H3. The van der Waals surface area contributed by atoms with E-state index in [1.807, 2.05) is 12.1 Å². The molecule has 1 aromatic heterocycles. The number of ether oxygens (including phenoxy) is 1. The maximum absolute atomic E-state index is 5.84. The largest absolute Gasteiger partial charge is 0.496 e. The van der Waals surface area contributed by atoms with Gasteiger partial charge in [0.25, 0.3) is 5.22 Å². The summed E-state index contributed by atoms with van der Waals surface area (Å²) < 4.78 is 12.3. The van der Waals surface area contributed by atoms with Crippen molar-refractivity contribution >= 4 is 27.7 Å². The van der Waals surface area contributed by atoms with Gasteiger partial charge in [-0.1, -0.05) is 47.0 Å². The van der Waals surface area contributed by atoms with Gasteiger partial charge in [-0.15, -0.1) is 10.2 Å². The molecular formula is C16H19BrN2O2S. The number of nitrogens with zero attached hydrogens (tertiary/aromatic N) is 2. The van der Waals surface area contributed by atoms with Crippen LogP contribution in [0, 0.1) is 0 Å². The minimum Gasteiger partial charge on any atom is -0.496 e. The average Bonchev–Trinajstić information content (AvgIpc) is 3.03. The molecule has 3 rings (SSSR count). The molecule has 0 bridgehead atoms. The van der Waals surface area contributed by atoms with Gasteiger partial charge in [-0.05, 0) is 31.0 Å². The van der Waals surface area contributed by atoms with Gasteiger partial charge in [0.05, 0.1) is 7.11 Å². The van der Waals surface area contributed by atoms with Crippen molar-refractivity contribution < 1.29 is 9.15 Å². The van der Waals surface area contributed by atoms with Crippen molar-refractivity contribution in [1.82, 2.24) is 10.2 Å². The zero-order valence-electron chi connectivity index (χ0n) is 12.5. The topological polar surface area (TPSA) is 48.2 Å². The second-order valence-electron chi connectivity index (χ2n) is 5.49. The van der Waals surface area contributed by atoms with Gasteiger partial charge in [0, 0.05) is 21.7 Å². The van der Waals surface area contributed by atoms with E-state index in [-0.39, 0.29) is 0 Å². The van der Waals surface area contributed by atoms with Crippen LogP contribution in [0.3, 0.4) is 0 Å². The lowest BCUT2D eigenvalue weighted by atomic mass is 9.89. The Morgan fingerprint density at radius 2 is 2.09 bits per heavy atom. The van der Waals surface area contributed by atoms with E-state index in [0.717, 1.165) is 27.4 Å². The van der Waals surface area contributed by atoms with Gasteiger partial charge in [-0.2, -0.15) is 0 Å². The van der Waals surface area contributed by atoms with Crippen LogP contribution >= 0.6 is 27.7 Å². The second-order valence-corrected chi connectivity index (χ2v) is 7.33. The van der Waals surface area contributed by atoms with Crippen LogP contribution in [0.4, 0.5) is 0 Å². The van der Waals surface area contributed by atoms with Crippen molar-refractivity contribution in [2.24, 2.45) is 0 Å². The average molecular weight is 383 g/mol. The lowest BCUT2D eigenvalue weighted by Gasteiger charge is -2.17. The molecule has 0 unspecified atom stereocenters. The predicted molar refractivity (Wildman–Crippen MR) is 90.4 cm³/mol. The van der Waals surface area contributed by atoms with Gasteiger partial charge in [-0.25, -0.2) is 0 Å². The first-order valence-corrected chi connectivity index (χ1v) is 9.32. The first-order valence-electron chi connectivity index (χ1n) is 7.55. The van der Waals surface area contributed by atoms with Crippen molar-refractivity contribution in [2.45, 2.75) is 49.0 Å². The summed E-state index contributed by atoms with van der Waals surface area (Å²) >= 11 is 5.05. The third-order valence-electron chi connectivity index (χ3n) is 3.97. The number of benzene rings is 1. The van der Waals surface area contributed by atoms with Gasteiger partial charge >= 0.3 is 0 Å². The van der Waals surface area contributed by atoms with Crippen LogP contribution in [0.25, 0.3) is 0 Å². The predicted octanol–water partition coefficient (Wildman–Crippen LogP) is 5.18. The van der Waals surface area contributed by atoms with Crippen LogP contribution in [0.2, 0.25) is 0 Å². The van der Waals surface area contributed by atoms with Crippen molar-refractivity contribution in [3.63, 3.8) is 0 Å². The molecule has 0 aliphatic heterocycles. The summed E-state index contributed by atoms with van der Waals surface area (Å²) in [6, 6.07) is 5.99. The molecule has 0 atom stereocenters. The normalized spacial score (nSPS) is 15.9. The third-order valence-corrected chi connectivity index (χ3v) is 5.33. The van der Waals surface area contributed by atoms with Crippen molar-refractivity contribution in [3.05, 3.63) is 34.1 Å². The fraction of sp³-hybridized carbons (Fsp3) is 0.500. The summed E-state index contributed by atoms with van der Waals surface area (Å²) in [5.41, 5.74) is 1.11. The van der Waals surface area contributed by atoms with E-state index in [1.54, 1.807) is 18.9 Å². The molecule has 1 heterocycles. The van der Waals surface area contributed by atoms with Gasteiger partial charge in [0.2, 0.25) is 5.89 Å². The third kappa shape index (κ3) is 3.84. The van der Waals surface area contributed by atoms with E-state index < -0.39 is 0 Å². The van der Waals surface area contributed by atoms with E-state index in [1.165, 1.54) is 32.1 Å². The van der Waals surface area contributed by atoms with Crippen LogP contribution in [0.1, 0.15) is 49.5 Å². The lowest BCUT2D eigenvalue weighted by molar-refractivity contribution is 0.334. The van der Waals surface area contributed by atoms with E-state index >= 15 is 0 Å². The van der Waals surface area contributed by atoms with Gasteiger partial charge < -0.3 is 9.15 Å². The SMILES string of the molecule is COc1ccc(Br)cc1CSc1nnc(C2CCCCC2)o1. The summed E-state index contributed by atoms with van der Waals surface area (Å²) in [6.45, 7) is 0. The van der Waals surface area contributed by atoms with Crippen LogP contribution < -0.4 is 4.74 Å². The summed E-state index contributed by atoms with van der Waals surface area (Å²) in [5, 5.41) is 9.05. The molecule has 22 heavy (non-hydrogen) atoms. The monoisotopic (exact) mass is 382 g/mol. The molecule has 0 N–H and O–H groups in total. The molecule has 1 aromatic carbocycles. The summed E-state index contributed by atoms with van der Waals surface area (Å²) in [5.74, 6) is 2.89. The minimum atomic E-state index is 0.455. The van der Waals surface area contributed by atoms with Crippen LogP contribution in [0.15, 0.2) is 32.3 Å². The maximum atomic E-state index is 5.84. The smallest absolute Gasteiger partial charge is 0.276 e. The highest BCUT2D eigenvalue weighted by molar-refractivity contribution is 9.10. The first-order chi connectivity index (χ1) is 10.8. The van der Waals surface area contributed by atoms with Gasteiger partial charge in [0.1, 0.15) is 5.75 Å². The Kier molecular flexibility index (Phi) is 5.41. The molecule has 0 radical (unpaired) electrons. The van der Waals surface area contributed by atoms with E-state index in [2.05, 4.69) is 32.2 Å². The minimum absolute atomic E-state index is 0.455. The highest BCUT2D eigenvalue weighted by atomic mass is 79.9. The van der Waals surface area contributed by atoms with Crippen LogP contribution in [0.5, 0.6) is 5.75 Å². The van der Waals surface area contributed by atoms with Crippen molar-refractivity contribution in [3.8, 4) is 5.75 Å². The van der Waals surface area contributed by atoms with E-state index in [9.17, 15) is 0 Å². The Balaban J connectivity index is 1.64. The Bertz CT molecular complexity index is 626. The number of thioether (sulfide) groups is 1. The van der Waals surface area contributed by atoms with Crippen LogP contribution in [-0.4, -0.2) is 17.3 Å². The Hall–Kier alpha value is -1.01. The Morgan fingerprint density at radius 3 is 2.86 bits per heavy atom. The van der Waals surface area contributed by atoms with Gasteiger partial charge in [0.15, 0.2) is 0 Å². The summed E-state index contributed by atoms with van der Waals surface area (Å²) in [6.07, 6.45) is 6.21. The molecule has 1 aliphatic carbocycles. The number of aromatic nitrogens is 2.